The molecule has 1 fully saturated rings. The van der Waals surface area contributed by atoms with Crippen LogP contribution in [0.25, 0.3) is 22.2 Å². The first-order valence-corrected chi connectivity index (χ1v) is 18.0. The number of benzene rings is 4. The summed E-state index contributed by atoms with van der Waals surface area (Å²) in [6.45, 7) is 1.37. The van der Waals surface area contributed by atoms with Crippen LogP contribution < -0.4 is 14.5 Å². The Balaban J connectivity index is 1.55. The number of nitrogens with zero attached hydrogens (tertiary/aromatic N) is 4. The molecule has 11 heteroatoms. The standard InChI is InChI=1S/C40H36N4O6S/c1-49-36-23-30(43-22-12-19-37(43)45)20-21-32(36)35-24-33-34(40(46)50-2)25-41-39(38(33)44(35)51(47,48)31-17-10-5-11-18-31)42(26-28-13-6-3-7-14-28)27-29-15-8-4-9-16-29/h3-11,13-18,20-21,23-25H,12,19,22,26-27H2,1-2H3. The number of esters is 1. The van der Waals surface area contributed by atoms with Gasteiger partial charge in [0.25, 0.3) is 10.0 Å². The maximum atomic E-state index is 15.0. The third kappa shape index (κ3) is 6.43. The highest BCUT2D eigenvalue weighted by Gasteiger charge is 2.32. The molecule has 0 spiro atoms. The fourth-order valence-corrected chi connectivity index (χ4v) is 8.14. The van der Waals surface area contributed by atoms with Crippen molar-refractivity contribution in [2.24, 2.45) is 0 Å². The molecule has 0 saturated carbocycles. The third-order valence-electron chi connectivity index (χ3n) is 9.04. The molecule has 0 N–H and O–H groups in total. The Morgan fingerprint density at radius 2 is 1.47 bits per heavy atom. The van der Waals surface area contributed by atoms with Crippen LogP contribution in [0.4, 0.5) is 11.5 Å². The number of amides is 1. The molecular weight excluding hydrogens is 665 g/mol. The molecule has 1 aliphatic rings. The molecule has 4 aromatic carbocycles. The molecule has 10 nitrogen and oxygen atoms in total. The van der Waals surface area contributed by atoms with Gasteiger partial charge < -0.3 is 19.3 Å². The number of pyridine rings is 1. The van der Waals surface area contributed by atoms with E-state index in [9.17, 15) is 18.0 Å². The second-order valence-corrected chi connectivity index (χ2v) is 14.0. The van der Waals surface area contributed by atoms with Gasteiger partial charge in [-0.3, -0.25) is 4.79 Å². The highest BCUT2D eigenvalue weighted by Crippen LogP contribution is 2.43. The van der Waals surface area contributed by atoms with Crippen molar-refractivity contribution >= 4 is 44.3 Å². The van der Waals surface area contributed by atoms with Crippen LogP contribution >= 0.6 is 0 Å². The van der Waals surface area contributed by atoms with Crippen molar-refractivity contribution in [1.82, 2.24) is 8.96 Å². The number of anilines is 2. The minimum Gasteiger partial charge on any atom is -0.496 e. The number of hydrogen-bond donors (Lipinski definition) is 0. The molecule has 3 heterocycles. The monoisotopic (exact) mass is 700 g/mol. The van der Waals surface area contributed by atoms with Crippen molar-refractivity contribution in [1.29, 1.82) is 0 Å². The topological polar surface area (TPSA) is 111 Å². The van der Waals surface area contributed by atoms with Crippen LogP contribution in [0.2, 0.25) is 0 Å². The van der Waals surface area contributed by atoms with E-state index in [-0.39, 0.29) is 27.6 Å². The first kappa shape index (κ1) is 33.6. The van der Waals surface area contributed by atoms with Crippen LogP contribution in [0, 0.1) is 0 Å². The lowest BCUT2D eigenvalue weighted by Crippen LogP contribution is -2.25. The van der Waals surface area contributed by atoms with E-state index in [0.717, 1.165) is 17.5 Å². The molecule has 0 aliphatic carbocycles. The van der Waals surface area contributed by atoms with E-state index in [0.29, 0.717) is 54.3 Å². The predicted molar refractivity (Wildman–Crippen MR) is 196 cm³/mol. The average Bonchev–Trinajstić information content (AvgIpc) is 3.79. The van der Waals surface area contributed by atoms with Gasteiger partial charge in [0.1, 0.15) is 11.3 Å². The fourth-order valence-electron chi connectivity index (χ4n) is 6.60. The molecule has 0 radical (unpaired) electrons. The van der Waals surface area contributed by atoms with Crippen molar-refractivity contribution in [2.75, 3.05) is 30.6 Å². The SMILES string of the molecule is COC(=O)c1cnc(N(Cc2ccccc2)Cc2ccccc2)c2c1cc(-c1ccc(N3CCCC3=O)cc1OC)n2S(=O)(=O)c1ccccc1. The number of carbonyl (C=O) groups is 2. The zero-order valence-electron chi connectivity index (χ0n) is 28.2. The molecule has 0 bridgehead atoms. The van der Waals surface area contributed by atoms with E-state index in [1.165, 1.54) is 36.5 Å². The van der Waals surface area contributed by atoms with Crippen molar-refractivity contribution in [3.8, 4) is 17.0 Å². The number of methoxy groups -OCH3 is 2. The zero-order chi connectivity index (χ0) is 35.5. The van der Waals surface area contributed by atoms with E-state index in [1.807, 2.05) is 65.6 Å². The van der Waals surface area contributed by atoms with Crippen LogP contribution in [-0.2, 0) is 32.6 Å². The number of fused-ring (bicyclic) bond motifs is 1. The van der Waals surface area contributed by atoms with Crippen LogP contribution in [0.5, 0.6) is 5.75 Å². The predicted octanol–water partition coefficient (Wildman–Crippen LogP) is 7.07. The first-order chi connectivity index (χ1) is 24.8. The van der Waals surface area contributed by atoms with Crippen LogP contribution in [0.1, 0.15) is 34.3 Å². The van der Waals surface area contributed by atoms with Gasteiger partial charge in [0.15, 0.2) is 5.82 Å². The summed E-state index contributed by atoms with van der Waals surface area (Å²) in [5.41, 5.74) is 3.64. The maximum Gasteiger partial charge on any atom is 0.340 e. The first-order valence-electron chi connectivity index (χ1n) is 16.5. The second kappa shape index (κ2) is 14.1. The molecule has 51 heavy (non-hydrogen) atoms. The van der Waals surface area contributed by atoms with Gasteiger partial charge in [-0.1, -0.05) is 78.9 Å². The maximum absolute atomic E-state index is 15.0. The summed E-state index contributed by atoms with van der Waals surface area (Å²) in [6, 6.07) is 34.8. The van der Waals surface area contributed by atoms with Gasteiger partial charge >= 0.3 is 5.97 Å². The summed E-state index contributed by atoms with van der Waals surface area (Å²) in [6.07, 6.45) is 2.65. The molecule has 258 valence electrons. The van der Waals surface area contributed by atoms with Crippen molar-refractivity contribution in [2.45, 2.75) is 30.8 Å². The van der Waals surface area contributed by atoms with Gasteiger partial charge in [-0.15, -0.1) is 0 Å². The number of rotatable bonds is 11. The fraction of sp³-hybridized carbons (Fsp3) is 0.175. The van der Waals surface area contributed by atoms with Gasteiger partial charge in [0, 0.05) is 55.0 Å². The Kier molecular flexibility index (Phi) is 9.29. The lowest BCUT2D eigenvalue weighted by Gasteiger charge is -2.26. The lowest BCUT2D eigenvalue weighted by atomic mass is 10.1. The largest absolute Gasteiger partial charge is 0.496 e. The van der Waals surface area contributed by atoms with E-state index in [2.05, 4.69) is 0 Å². The Morgan fingerprint density at radius 3 is 2.04 bits per heavy atom. The van der Waals surface area contributed by atoms with Crippen LogP contribution in [-0.4, -0.2) is 50.0 Å². The van der Waals surface area contributed by atoms with Gasteiger partial charge in [0.05, 0.1) is 30.4 Å². The Hall–Kier alpha value is -5.94. The third-order valence-corrected chi connectivity index (χ3v) is 10.8. The minimum absolute atomic E-state index is 0.0148. The summed E-state index contributed by atoms with van der Waals surface area (Å²) in [7, 11) is -1.56. The lowest BCUT2D eigenvalue weighted by molar-refractivity contribution is -0.117. The molecule has 0 atom stereocenters. The zero-order valence-corrected chi connectivity index (χ0v) is 29.0. The molecule has 7 rings (SSSR count). The molecule has 2 aromatic heterocycles. The number of carbonyl (C=O) groups excluding carboxylic acids is 2. The average molecular weight is 701 g/mol. The number of aromatic nitrogens is 2. The normalized spacial score (nSPS) is 13.1. The molecule has 1 aliphatic heterocycles. The van der Waals surface area contributed by atoms with E-state index in [4.69, 9.17) is 14.5 Å². The van der Waals surface area contributed by atoms with Gasteiger partial charge in [-0.2, -0.15) is 0 Å². The quantitative estimate of drug-likeness (QED) is 0.132. The summed E-state index contributed by atoms with van der Waals surface area (Å²) >= 11 is 0. The summed E-state index contributed by atoms with van der Waals surface area (Å²) < 4.78 is 42.3. The van der Waals surface area contributed by atoms with Gasteiger partial charge in [-0.25, -0.2) is 22.2 Å². The summed E-state index contributed by atoms with van der Waals surface area (Å²) in [5, 5.41) is 0.341. The van der Waals surface area contributed by atoms with Crippen molar-refractivity contribution in [3.05, 3.63) is 138 Å². The Labute approximate surface area is 296 Å². The second-order valence-electron chi connectivity index (χ2n) is 12.2. The Bertz CT molecular complexity index is 2290. The molecular formula is C40H36N4O6S. The molecule has 0 unspecified atom stereocenters. The van der Waals surface area contributed by atoms with Gasteiger partial charge in [0.2, 0.25) is 5.91 Å². The minimum atomic E-state index is -4.33. The van der Waals surface area contributed by atoms with Crippen molar-refractivity contribution in [3.63, 3.8) is 0 Å². The van der Waals surface area contributed by atoms with Crippen LogP contribution in [0.15, 0.2) is 126 Å². The van der Waals surface area contributed by atoms with E-state index < -0.39 is 16.0 Å². The van der Waals surface area contributed by atoms with E-state index in [1.54, 1.807) is 47.4 Å². The molecule has 1 amide bonds. The number of ether oxygens (including phenoxy) is 2. The highest BCUT2D eigenvalue weighted by molar-refractivity contribution is 7.90. The van der Waals surface area contributed by atoms with Gasteiger partial charge in [-0.05, 0) is 47.9 Å². The molecule has 6 aromatic rings. The smallest absolute Gasteiger partial charge is 0.340 e. The van der Waals surface area contributed by atoms with Crippen molar-refractivity contribution < 1.29 is 27.5 Å². The molecule has 1 saturated heterocycles. The van der Waals surface area contributed by atoms with Crippen LogP contribution in [0.3, 0.4) is 0 Å². The summed E-state index contributed by atoms with van der Waals surface area (Å²) in [4.78, 5) is 34.5. The number of hydrogen-bond acceptors (Lipinski definition) is 8. The van der Waals surface area contributed by atoms with E-state index >= 15 is 0 Å². The Morgan fingerprint density at radius 1 is 0.843 bits per heavy atom. The highest BCUT2D eigenvalue weighted by atomic mass is 32.2. The summed E-state index contributed by atoms with van der Waals surface area (Å²) in [5.74, 6) is 0.0711.